The molecule has 11 heteroatoms. The van der Waals surface area contributed by atoms with Crippen LogP contribution in [0.1, 0.15) is 49.6 Å². The van der Waals surface area contributed by atoms with Crippen molar-refractivity contribution in [3.8, 4) is 17.6 Å². The van der Waals surface area contributed by atoms with Gasteiger partial charge in [0.05, 0.1) is 12.2 Å². The fourth-order valence-corrected chi connectivity index (χ4v) is 4.24. The molecule has 0 radical (unpaired) electrons. The van der Waals surface area contributed by atoms with Gasteiger partial charge in [0.25, 0.3) is 0 Å². The highest BCUT2D eigenvalue weighted by Gasteiger charge is 2.34. The number of alkyl halides is 3. The first-order valence-electron chi connectivity index (χ1n) is 13.8. The highest BCUT2D eigenvalue weighted by Crippen LogP contribution is 2.37. The maximum atomic E-state index is 13.8. The van der Waals surface area contributed by atoms with E-state index in [9.17, 15) is 18.0 Å². The molecule has 0 saturated carbocycles. The molecule has 1 saturated heterocycles. The number of anilines is 2. The minimum atomic E-state index is -4.57. The molecular formula is C31H36F3N5O3. The van der Waals surface area contributed by atoms with Gasteiger partial charge in [-0.2, -0.15) is 13.2 Å². The van der Waals surface area contributed by atoms with E-state index >= 15 is 0 Å². The van der Waals surface area contributed by atoms with E-state index in [1.807, 2.05) is 20.8 Å². The number of carbonyl (C=O) groups is 1. The second-order valence-corrected chi connectivity index (χ2v) is 11.3. The van der Waals surface area contributed by atoms with Crippen LogP contribution in [0.3, 0.4) is 0 Å². The maximum absolute atomic E-state index is 13.8. The van der Waals surface area contributed by atoms with Gasteiger partial charge in [-0.25, -0.2) is 4.79 Å². The van der Waals surface area contributed by atoms with Crippen molar-refractivity contribution < 1.29 is 27.2 Å². The van der Waals surface area contributed by atoms with Crippen LogP contribution < -0.4 is 15.4 Å². The fraction of sp³-hybridized carbons (Fsp3) is 0.419. The molecule has 0 atom stereocenters. The highest BCUT2D eigenvalue weighted by atomic mass is 19.4. The fourth-order valence-electron chi connectivity index (χ4n) is 4.24. The van der Waals surface area contributed by atoms with Crippen molar-refractivity contribution in [2.45, 2.75) is 38.8 Å². The average molecular weight is 584 g/mol. The number of aromatic nitrogens is 1. The first-order chi connectivity index (χ1) is 19.9. The zero-order valence-corrected chi connectivity index (χ0v) is 24.3. The van der Waals surface area contributed by atoms with Gasteiger partial charge in [0.15, 0.2) is 5.82 Å². The summed E-state index contributed by atoms with van der Waals surface area (Å²) in [6.45, 7) is 10.8. The third-order valence-electron chi connectivity index (χ3n) is 6.74. The van der Waals surface area contributed by atoms with Crippen LogP contribution in [0, 0.1) is 11.8 Å². The molecule has 2 heterocycles. The van der Waals surface area contributed by atoms with Crippen LogP contribution in [0.4, 0.5) is 29.5 Å². The number of carbonyl (C=O) groups excluding carboxylic acids is 1. The first-order valence-corrected chi connectivity index (χ1v) is 13.8. The summed E-state index contributed by atoms with van der Waals surface area (Å²) in [6.07, 6.45) is -3.92. The molecule has 0 unspecified atom stereocenters. The van der Waals surface area contributed by atoms with Gasteiger partial charge in [-0.1, -0.05) is 37.8 Å². The van der Waals surface area contributed by atoms with Crippen LogP contribution in [-0.4, -0.2) is 67.4 Å². The normalized spacial score (nSPS) is 14.6. The number of rotatable bonds is 7. The van der Waals surface area contributed by atoms with Gasteiger partial charge in [-0.3, -0.25) is 5.32 Å². The minimum Gasteiger partial charge on any atom is -0.493 e. The summed E-state index contributed by atoms with van der Waals surface area (Å²) in [6, 6.07) is 11.7. The summed E-state index contributed by atoms with van der Waals surface area (Å²) in [4.78, 5) is 16.9. The Bertz CT molecular complexity index is 1410. The summed E-state index contributed by atoms with van der Waals surface area (Å²) < 4.78 is 52.1. The zero-order chi connectivity index (χ0) is 30.3. The number of hydrogen-bond acceptors (Lipinski definition) is 6. The first kappa shape index (κ1) is 30.9. The molecule has 8 nitrogen and oxygen atoms in total. The van der Waals surface area contributed by atoms with Crippen LogP contribution in [0.2, 0.25) is 0 Å². The second kappa shape index (κ2) is 13.3. The number of piperazine rings is 1. The number of urea groups is 1. The molecule has 1 aliphatic heterocycles. The number of ether oxygens (including phenoxy) is 1. The number of likely N-dealkylation sites (N-methyl/N-ethyl adjacent to an activating group) is 1. The molecular weight excluding hydrogens is 547 g/mol. The van der Waals surface area contributed by atoms with Crippen molar-refractivity contribution in [2.75, 3.05) is 57.0 Å². The number of halogens is 3. The predicted molar refractivity (Wildman–Crippen MR) is 156 cm³/mol. The predicted octanol–water partition coefficient (Wildman–Crippen LogP) is 6.05. The van der Waals surface area contributed by atoms with Gasteiger partial charge in [0.2, 0.25) is 0 Å². The number of hydrogen-bond donors (Lipinski definition) is 2. The van der Waals surface area contributed by atoms with Crippen LogP contribution in [0.15, 0.2) is 53.1 Å². The quantitative estimate of drug-likeness (QED) is 0.260. The Morgan fingerprint density at radius 2 is 1.64 bits per heavy atom. The Morgan fingerprint density at radius 3 is 2.29 bits per heavy atom. The second-order valence-electron chi connectivity index (χ2n) is 11.3. The van der Waals surface area contributed by atoms with E-state index in [1.165, 1.54) is 12.1 Å². The molecule has 1 aliphatic rings. The van der Waals surface area contributed by atoms with E-state index in [4.69, 9.17) is 9.26 Å². The standard InChI is InChI=1S/C31H36F3N5O3/c1-30(2,3)27-21-28(37-42-27)36-29(40)35-24-11-8-22(9-12-24)6-7-23-10-13-26(25(20-23)31(32,33)34)41-19-5-14-39-17-15-38(4)16-18-39/h8-13,20-21H,5,14-19H2,1-4H3,(H2,35,36,37,40). The lowest BCUT2D eigenvalue weighted by molar-refractivity contribution is -0.139. The summed E-state index contributed by atoms with van der Waals surface area (Å²) in [5.74, 6) is 6.40. The van der Waals surface area contributed by atoms with Crippen LogP contribution >= 0.6 is 0 Å². The number of benzene rings is 2. The number of nitrogens with zero attached hydrogens (tertiary/aromatic N) is 3. The largest absolute Gasteiger partial charge is 0.493 e. The summed E-state index contributed by atoms with van der Waals surface area (Å²) >= 11 is 0. The summed E-state index contributed by atoms with van der Waals surface area (Å²) in [5.41, 5.74) is 0.211. The zero-order valence-electron chi connectivity index (χ0n) is 24.3. The van der Waals surface area contributed by atoms with Gasteiger partial charge < -0.3 is 24.4 Å². The van der Waals surface area contributed by atoms with E-state index in [0.29, 0.717) is 29.2 Å². The van der Waals surface area contributed by atoms with Crippen molar-refractivity contribution in [3.63, 3.8) is 0 Å². The molecule has 0 spiro atoms. The molecule has 2 N–H and O–H groups in total. The van der Waals surface area contributed by atoms with E-state index in [0.717, 1.165) is 38.8 Å². The Hall–Kier alpha value is -4.01. The molecule has 0 aliphatic carbocycles. The van der Waals surface area contributed by atoms with Crippen molar-refractivity contribution in [2.24, 2.45) is 0 Å². The molecule has 3 aromatic rings. The SMILES string of the molecule is CN1CCN(CCCOc2ccc(C#Cc3ccc(NC(=O)Nc4cc(C(C)(C)C)on4)cc3)cc2C(F)(F)F)CC1. The highest BCUT2D eigenvalue weighted by molar-refractivity contribution is 5.99. The lowest BCUT2D eigenvalue weighted by atomic mass is 9.93. The van der Waals surface area contributed by atoms with Crippen molar-refractivity contribution in [1.82, 2.24) is 15.0 Å². The van der Waals surface area contributed by atoms with E-state index in [1.54, 1.807) is 30.3 Å². The third-order valence-corrected chi connectivity index (χ3v) is 6.74. The topological polar surface area (TPSA) is 82.9 Å². The van der Waals surface area contributed by atoms with Gasteiger partial charge in [0, 0.05) is 61.0 Å². The third kappa shape index (κ3) is 8.99. The number of amides is 2. The summed E-state index contributed by atoms with van der Waals surface area (Å²) in [7, 11) is 2.08. The minimum absolute atomic E-state index is 0.194. The van der Waals surface area contributed by atoms with Crippen molar-refractivity contribution in [3.05, 3.63) is 71.0 Å². The molecule has 2 amide bonds. The van der Waals surface area contributed by atoms with Crippen LogP contribution in [0.5, 0.6) is 5.75 Å². The average Bonchev–Trinajstić information content (AvgIpc) is 3.40. The van der Waals surface area contributed by atoms with Crippen molar-refractivity contribution in [1.29, 1.82) is 0 Å². The van der Waals surface area contributed by atoms with E-state index < -0.39 is 17.8 Å². The van der Waals surface area contributed by atoms with Gasteiger partial charge in [-0.05, 0) is 55.9 Å². The molecule has 1 fully saturated rings. The molecule has 0 bridgehead atoms. The van der Waals surface area contributed by atoms with Gasteiger partial charge >= 0.3 is 12.2 Å². The Balaban J connectivity index is 1.32. The molecule has 4 rings (SSSR count). The maximum Gasteiger partial charge on any atom is 0.420 e. The Labute approximate surface area is 244 Å². The monoisotopic (exact) mass is 583 g/mol. The van der Waals surface area contributed by atoms with Gasteiger partial charge in [0.1, 0.15) is 11.5 Å². The molecule has 1 aromatic heterocycles. The van der Waals surface area contributed by atoms with Gasteiger partial charge in [-0.15, -0.1) is 0 Å². The van der Waals surface area contributed by atoms with E-state index in [-0.39, 0.29) is 23.3 Å². The van der Waals surface area contributed by atoms with Crippen molar-refractivity contribution >= 4 is 17.5 Å². The lowest BCUT2D eigenvalue weighted by Gasteiger charge is -2.32. The van der Waals surface area contributed by atoms with E-state index in [2.05, 4.69) is 44.5 Å². The summed E-state index contributed by atoms with van der Waals surface area (Å²) in [5, 5.41) is 9.15. The molecule has 42 heavy (non-hydrogen) atoms. The Kier molecular flexibility index (Phi) is 9.81. The smallest absolute Gasteiger partial charge is 0.420 e. The van der Waals surface area contributed by atoms with Crippen LogP contribution in [0.25, 0.3) is 0 Å². The molecule has 224 valence electrons. The lowest BCUT2D eigenvalue weighted by Crippen LogP contribution is -2.44. The number of nitrogens with one attached hydrogen (secondary N) is 2. The Morgan fingerprint density at radius 1 is 0.976 bits per heavy atom. The van der Waals surface area contributed by atoms with Crippen LogP contribution in [-0.2, 0) is 11.6 Å². The molecule has 2 aromatic carbocycles.